The highest BCUT2D eigenvalue weighted by Gasteiger charge is 2.51. The summed E-state index contributed by atoms with van der Waals surface area (Å²) in [6, 6.07) is -1.15. The van der Waals surface area contributed by atoms with Crippen LogP contribution in [0.1, 0.15) is 6.92 Å². The van der Waals surface area contributed by atoms with Gasteiger partial charge in [-0.3, -0.25) is 9.35 Å². The Morgan fingerprint density at radius 3 is 2.21 bits per heavy atom. The summed E-state index contributed by atoms with van der Waals surface area (Å²) >= 11 is 0. The molecule has 0 aromatic carbocycles. The highest BCUT2D eigenvalue weighted by molar-refractivity contribution is 7.80. The molecule has 0 aromatic rings. The number of amides is 1. The molecule has 2 aliphatic heterocycles. The minimum atomic E-state index is -4.90. The zero-order chi connectivity index (χ0) is 25.6. The monoisotopic (exact) mass is 517 g/mol. The molecule has 0 bridgehead atoms. The van der Waals surface area contributed by atoms with Gasteiger partial charge in [0, 0.05) is 14.0 Å². The van der Waals surface area contributed by atoms with Crippen molar-refractivity contribution in [1.82, 2.24) is 5.32 Å². The standard InChI is InChI=1S/C18H31NO14S/c1-4-5-29-17-11(19-8(2)20)16(13(22)9(31-17)6-28-3)33-18-15(24)14(23)12(21)10(32-18)7-30-34(25,26)27/h4,9-18,21-24H,1,5-7H2,2-3H3,(H,19,20)(H,25,26,27)/t9-,10-,11-,12+,13+,14+,15-,16-,17+,18+/m1/s1. The number of ether oxygens (including phenoxy) is 5. The Bertz CT molecular complexity index is 781. The van der Waals surface area contributed by atoms with E-state index in [9.17, 15) is 33.6 Å². The molecule has 15 nitrogen and oxygen atoms in total. The van der Waals surface area contributed by atoms with Crippen LogP contribution in [0.4, 0.5) is 0 Å². The third-order valence-corrected chi connectivity index (χ3v) is 5.53. The Hall–Kier alpha value is -1.28. The molecule has 2 rings (SSSR count). The van der Waals surface area contributed by atoms with Gasteiger partial charge in [-0.2, -0.15) is 8.42 Å². The van der Waals surface area contributed by atoms with Crippen LogP contribution in [0.2, 0.25) is 0 Å². The van der Waals surface area contributed by atoms with Crippen LogP contribution in [-0.2, 0) is 43.1 Å². The number of aliphatic hydroxyl groups excluding tert-OH is 4. The smallest absolute Gasteiger partial charge is 0.388 e. The van der Waals surface area contributed by atoms with Gasteiger partial charge in [-0.1, -0.05) is 6.08 Å². The number of carbonyl (C=O) groups is 1. The van der Waals surface area contributed by atoms with E-state index in [0.29, 0.717) is 0 Å². The first-order chi connectivity index (χ1) is 15.9. The highest BCUT2D eigenvalue weighted by atomic mass is 32.3. The zero-order valence-electron chi connectivity index (χ0n) is 18.5. The maximum atomic E-state index is 11.8. The maximum absolute atomic E-state index is 11.8. The fourth-order valence-electron chi connectivity index (χ4n) is 3.55. The molecule has 34 heavy (non-hydrogen) atoms. The van der Waals surface area contributed by atoms with Crippen molar-refractivity contribution >= 4 is 16.3 Å². The Balaban J connectivity index is 2.30. The van der Waals surface area contributed by atoms with Crippen molar-refractivity contribution < 1.29 is 66.1 Å². The molecular formula is C18H31NO14S. The molecule has 2 saturated heterocycles. The first-order valence-corrected chi connectivity index (χ1v) is 11.5. The van der Waals surface area contributed by atoms with Crippen molar-refractivity contribution in [3.05, 3.63) is 12.7 Å². The van der Waals surface area contributed by atoms with Crippen LogP contribution in [0.3, 0.4) is 0 Å². The average molecular weight is 518 g/mol. The summed E-state index contributed by atoms with van der Waals surface area (Å²) in [7, 11) is -3.54. The lowest BCUT2D eigenvalue weighted by molar-refractivity contribution is -0.344. The highest BCUT2D eigenvalue weighted by Crippen LogP contribution is 2.30. The van der Waals surface area contributed by atoms with Gasteiger partial charge in [0.2, 0.25) is 5.91 Å². The molecule has 0 spiro atoms. The number of hydrogen-bond acceptors (Lipinski definition) is 13. The number of aliphatic hydroxyl groups is 4. The van der Waals surface area contributed by atoms with Crippen molar-refractivity contribution in [1.29, 1.82) is 0 Å². The summed E-state index contributed by atoms with van der Waals surface area (Å²) < 4.78 is 62.0. The molecule has 0 radical (unpaired) electrons. The van der Waals surface area contributed by atoms with E-state index < -0.39 is 84.3 Å². The van der Waals surface area contributed by atoms with Crippen LogP contribution in [0, 0.1) is 0 Å². The quantitative estimate of drug-likeness (QED) is 0.115. The molecule has 0 aliphatic carbocycles. The van der Waals surface area contributed by atoms with Crippen LogP contribution >= 0.6 is 0 Å². The van der Waals surface area contributed by atoms with Gasteiger partial charge in [-0.25, -0.2) is 4.18 Å². The van der Waals surface area contributed by atoms with Gasteiger partial charge in [0.25, 0.3) is 0 Å². The van der Waals surface area contributed by atoms with Crippen LogP contribution in [-0.4, -0.2) is 128 Å². The summed E-state index contributed by atoms with van der Waals surface area (Å²) in [5, 5.41) is 44.0. The minimum Gasteiger partial charge on any atom is -0.388 e. The molecule has 10 atom stereocenters. The van der Waals surface area contributed by atoms with Crippen LogP contribution < -0.4 is 5.32 Å². The lowest BCUT2D eigenvalue weighted by Gasteiger charge is -2.47. The van der Waals surface area contributed by atoms with Crippen LogP contribution in [0.15, 0.2) is 12.7 Å². The summed E-state index contributed by atoms with van der Waals surface area (Å²) in [6.45, 7) is 3.70. The van der Waals surface area contributed by atoms with Crippen molar-refractivity contribution in [2.75, 3.05) is 26.9 Å². The summed E-state index contributed by atoms with van der Waals surface area (Å²) in [6.07, 6.45) is -12.4. The van der Waals surface area contributed by atoms with Crippen molar-refractivity contribution in [2.45, 2.75) is 68.3 Å². The summed E-state index contributed by atoms with van der Waals surface area (Å²) in [5.41, 5.74) is 0. The molecule has 2 heterocycles. The van der Waals surface area contributed by atoms with Gasteiger partial charge in [-0.05, 0) is 0 Å². The second kappa shape index (κ2) is 12.6. The van der Waals surface area contributed by atoms with E-state index >= 15 is 0 Å². The lowest BCUT2D eigenvalue weighted by atomic mass is 9.95. The molecule has 0 aromatic heterocycles. The largest absolute Gasteiger partial charge is 0.397 e. The molecule has 16 heteroatoms. The Kier molecular flexibility index (Phi) is 10.7. The number of methoxy groups -OCH3 is 1. The molecule has 2 fully saturated rings. The van der Waals surface area contributed by atoms with E-state index in [0.717, 1.165) is 0 Å². The predicted octanol–water partition coefficient (Wildman–Crippen LogP) is -3.56. The van der Waals surface area contributed by atoms with E-state index in [4.69, 9.17) is 28.2 Å². The SMILES string of the molecule is C=CCO[C@H]1O[C@H](COC)[C@H](O)[C@H](O[C@@H]2O[C@H](COS(=O)(=O)O)[C@H](O)[C@H](O)[C@H]2O)[C@H]1NC(C)=O. The van der Waals surface area contributed by atoms with Gasteiger partial charge < -0.3 is 49.4 Å². The van der Waals surface area contributed by atoms with Crippen molar-refractivity contribution in [3.63, 3.8) is 0 Å². The normalized spacial score (nSPS) is 38.9. The summed E-state index contributed by atoms with van der Waals surface area (Å²) in [4.78, 5) is 11.8. The van der Waals surface area contributed by atoms with Gasteiger partial charge in [-0.15, -0.1) is 6.58 Å². The number of carbonyl (C=O) groups excluding carboxylic acids is 1. The number of nitrogens with one attached hydrogen (secondary N) is 1. The van der Waals surface area contributed by atoms with E-state index in [1.165, 1.54) is 20.1 Å². The molecule has 198 valence electrons. The summed E-state index contributed by atoms with van der Waals surface area (Å²) in [5.74, 6) is -0.535. The number of rotatable bonds is 11. The molecule has 1 amide bonds. The first-order valence-electron chi connectivity index (χ1n) is 10.2. The second-order valence-electron chi connectivity index (χ2n) is 7.66. The van der Waals surface area contributed by atoms with E-state index in [2.05, 4.69) is 16.1 Å². The van der Waals surface area contributed by atoms with Gasteiger partial charge in [0.1, 0.15) is 48.8 Å². The molecule has 0 unspecified atom stereocenters. The Labute approximate surface area is 196 Å². The second-order valence-corrected chi connectivity index (χ2v) is 8.76. The van der Waals surface area contributed by atoms with E-state index in [1.807, 2.05) is 0 Å². The molecule has 6 N–H and O–H groups in total. The zero-order valence-corrected chi connectivity index (χ0v) is 19.3. The molecule has 0 saturated carbocycles. The van der Waals surface area contributed by atoms with Gasteiger partial charge >= 0.3 is 10.4 Å². The average Bonchev–Trinajstić information content (AvgIpc) is 2.75. The third kappa shape index (κ3) is 7.61. The van der Waals surface area contributed by atoms with Crippen LogP contribution in [0.25, 0.3) is 0 Å². The topological polar surface area (TPSA) is 220 Å². The van der Waals surface area contributed by atoms with Gasteiger partial charge in [0.15, 0.2) is 12.6 Å². The van der Waals surface area contributed by atoms with Crippen molar-refractivity contribution in [2.24, 2.45) is 0 Å². The first kappa shape index (κ1) is 29.0. The minimum absolute atomic E-state index is 0.00573. The fraction of sp³-hybridized carbons (Fsp3) is 0.833. The number of hydrogen-bond donors (Lipinski definition) is 6. The van der Waals surface area contributed by atoms with Crippen molar-refractivity contribution in [3.8, 4) is 0 Å². The Morgan fingerprint density at radius 1 is 1.03 bits per heavy atom. The maximum Gasteiger partial charge on any atom is 0.397 e. The van der Waals surface area contributed by atoms with E-state index in [1.54, 1.807) is 0 Å². The van der Waals surface area contributed by atoms with Crippen LogP contribution in [0.5, 0.6) is 0 Å². The van der Waals surface area contributed by atoms with Gasteiger partial charge in [0.05, 0.1) is 19.8 Å². The molecular weight excluding hydrogens is 486 g/mol. The Morgan fingerprint density at radius 2 is 1.65 bits per heavy atom. The third-order valence-electron chi connectivity index (χ3n) is 5.09. The lowest BCUT2D eigenvalue weighted by Crippen LogP contribution is -2.68. The molecule has 2 aliphatic rings. The fourth-order valence-corrected chi connectivity index (χ4v) is 3.85. The predicted molar refractivity (Wildman–Crippen MR) is 109 cm³/mol. The van der Waals surface area contributed by atoms with E-state index in [-0.39, 0.29) is 13.2 Å².